The van der Waals surface area contributed by atoms with Gasteiger partial charge in [-0.15, -0.1) is 5.10 Å². The fourth-order valence-electron chi connectivity index (χ4n) is 4.08. The molecule has 3 heterocycles. The van der Waals surface area contributed by atoms with Gasteiger partial charge in [0, 0.05) is 30.6 Å². The standard InChI is InChI=1S/C24H27N7O2/c1-14(2)17-5-4-6-18-20(17)28-24(27-19-13-25-11-12-26-23(19)32)31-22(18)29-21(30-31)15-7-9-16(33-3)10-8-15/h4-10,14,19,25H,11-13H2,1-3H3,(H,26,32)(H,27,28)/t19-/m1/s1. The van der Waals surface area contributed by atoms with Crippen molar-refractivity contribution < 1.29 is 9.53 Å². The number of para-hydroxylation sites is 1. The number of hydrogen-bond donors (Lipinski definition) is 3. The highest BCUT2D eigenvalue weighted by atomic mass is 16.5. The summed E-state index contributed by atoms with van der Waals surface area (Å²) in [5, 5.41) is 15.2. The first-order valence-corrected chi connectivity index (χ1v) is 11.1. The molecule has 0 saturated carbocycles. The number of nitrogens with one attached hydrogen (secondary N) is 3. The van der Waals surface area contributed by atoms with E-state index in [1.807, 2.05) is 36.4 Å². The highest BCUT2D eigenvalue weighted by Gasteiger charge is 2.24. The van der Waals surface area contributed by atoms with Crippen molar-refractivity contribution in [3.05, 3.63) is 48.0 Å². The monoisotopic (exact) mass is 445 g/mol. The first-order valence-electron chi connectivity index (χ1n) is 11.1. The fourth-order valence-corrected chi connectivity index (χ4v) is 4.08. The zero-order chi connectivity index (χ0) is 22.9. The summed E-state index contributed by atoms with van der Waals surface area (Å²) in [5.74, 6) is 2.05. The minimum Gasteiger partial charge on any atom is -0.497 e. The molecule has 33 heavy (non-hydrogen) atoms. The van der Waals surface area contributed by atoms with Gasteiger partial charge in [0.05, 0.1) is 12.6 Å². The molecule has 4 aromatic rings. The molecule has 0 radical (unpaired) electrons. The van der Waals surface area contributed by atoms with E-state index in [0.717, 1.165) is 34.3 Å². The summed E-state index contributed by atoms with van der Waals surface area (Å²) in [6, 6.07) is 13.3. The van der Waals surface area contributed by atoms with Crippen molar-refractivity contribution in [3.8, 4) is 17.1 Å². The van der Waals surface area contributed by atoms with Gasteiger partial charge in [-0.1, -0.05) is 26.0 Å². The molecule has 9 nitrogen and oxygen atoms in total. The van der Waals surface area contributed by atoms with Crippen LogP contribution in [0.4, 0.5) is 5.95 Å². The molecule has 1 amide bonds. The zero-order valence-corrected chi connectivity index (χ0v) is 18.9. The van der Waals surface area contributed by atoms with Crippen molar-refractivity contribution in [2.45, 2.75) is 25.8 Å². The van der Waals surface area contributed by atoms with E-state index >= 15 is 0 Å². The number of fused-ring (bicyclic) bond motifs is 3. The number of hydrogen-bond acceptors (Lipinski definition) is 7. The number of nitrogens with zero attached hydrogens (tertiary/aromatic N) is 4. The average molecular weight is 446 g/mol. The van der Waals surface area contributed by atoms with Gasteiger partial charge in [-0.2, -0.15) is 4.52 Å². The Hall–Kier alpha value is -3.72. The van der Waals surface area contributed by atoms with E-state index in [9.17, 15) is 4.79 Å². The first kappa shape index (κ1) is 21.1. The van der Waals surface area contributed by atoms with Crippen molar-refractivity contribution in [2.75, 3.05) is 32.1 Å². The van der Waals surface area contributed by atoms with E-state index < -0.39 is 6.04 Å². The molecule has 0 aliphatic carbocycles. The van der Waals surface area contributed by atoms with Gasteiger partial charge < -0.3 is 20.7 Å². The van der Waals surface area contributed by atoms with Gasteiger partial charge in [0.2, 0.25) is 11.9 Å². The summed E-state index contributed by atoms with van der Waals surface area (Å²) < 4.78 is 6.97. The smallest absolute Gasteiger partial charge is 0.243 e. The van der Waals surface area contributed by atoms with Gasteiger partial charge in [0.1, 0.15) is 11.8 Å². The number of aromatic nitrogens is 4. The third kappa shape index (κ3) is 3.95. The van der Waals surface area contributed by atoms with E-state index in [1.165, 1.54) is 0 Å². The molecule has 0 unspecified atom stereocenters. The second-order valence-corrected chi connectivity index (χ2v) is 8.42. The quantitative estimate of drug-likeness (QED) is 0.434. The Labute approximate surface area is 191 Å². The summed E-state index contributed by atoms with van der Waals surface area (Å²) >= 11 is 0. The molecular formula is C24H27N7O2. The fraction of sp³-hybridized carbons (Fsp3) is 0.333. The van der Waals surface area contributed by atoms with Crippen LogP contribution in [0.15, 0.2) is 42.5 Å². The molecule has 0 spiro atoms. The minimum absolute atomic E-state index is 0.0670. The maximum Gasteiger partial charge on any atom is 0.243 e. The second kappa shape index (κ2) is 8.67. The van der Waals surface area contributed by atoms with Crippen LogP contribution in [0.2, 0.25) is 0 Å². The number of rotatable bonds is 5. The molecule has 2 aromatic carbocycles. The number of methoxy groups -OCH3 is 1. The summed E-state index contributed by atoms with van der Waals surface area (Å²) in [4.78, 5) is 22.4. The van der Waals surface area contributed by atoms with Gasteiger partial charge in [-0.25, -0.2) is 9.97 Å². The molecule has 3 N–H and O–H groups in total. The zero-order valence-electron chi connectivity index (χ0n) is 18.9. The highest BCUT2D eigenvalue weighted by Crippen LogP contribution is 2.30. The molecule has 1 atom stereocenters. The van der Waals surface area contributed by atoms with Crippen molar-refractivity contribution in [1.82, 2.24) is 30.2 Å². The van der Waals surface area contributed by atoms with Crippen LogP contribution in [0.1, 0.15) is 25.3 Å². The van der Waals surface area contributed by atoms with Crippen molar-refractivity contribution in [2.24, 2.45) is 0 Å². The SMILES string of the molecule is COc1ccc(-c2nc3c4cccc(C(C)C)c4nc(N[C@@H]4CNCCNC4=O)n3n2)cc1. The minimum atomic E-state index is -0.472. The molecular weight excluding hydrogens is 418 g/mol. The second-order valence-electron chi connectivity index (χ2n) is 8.42. The van der Waals surface area contributed by atoms with E-state index in [4.69, 9.17) is 19.8 Å². The van der Waals surface area contributed by atoms with E-state index in [2.05, 4.69) is 35.9 Å². The third-order valence-corrected chi connectivity index (χ3v) is 5.87. The van der Waals surface area contributed by atoms with E-state index in [-0.39, 0.29) is 11.8 Å². The third-order valence-electron chi connectivity index (χ3n) is 5.87. The van der Waals surface area contributed by atoms with Gasteiger partial charge in [-0.3, -0.25) is 4.79 Å². The summed E-state index contributed by atoms with van der Waals surface area (Å²) in [5.41, 5.74) is 3.54. The Morgan fingerprint density at radius 1 is 1.12 bits per heavy atom. The van der Waals surface area contributed by atoms with Crippen LogP contribution in [0.25, 0.3) is 27.9 Å². The molecule has 0 bridgehead atoms. The lowest BCUT2D eigenvalue weighted by molar-refractivity contribution is -0.121. The van der Waals surface area contributed by atoms with Crippen LogP contribution in [0, 0.1) is 0 Å². The van der Waals surface area contributed by atoms with Crippen LogP contribution in [0.5, 0.6) is 5.75 Å². The van der Waals surface area contributed by atoms with Gasteiger partial charge in [0.15, 0.2) is 11.5 Å². The van der Waals surface area contributed by atoms with Crippen LogP contribution in [0.3, 0.4) is 0 Å². The molecule has 2 aromatic heterocycles. The Kier molecular flexibility index (Phi) is 5.55. The van der Waals surface area contributed by atoms with Crippen LogP contribution < -0.4 is 20.7 Å². The lowest BCUT2D eigenvalue weighted by Crippen LogP contribution is -2.42. The van der Waals surface area contributed by atoms with Crippen molar-refractivity contribution in [1.29, 1.82) is 0 Å². The molecule has 1 aliphatic rings. The lowest BCUT2D eigenvalue weighted by Gasteiger charge is -2.18. The normalized spacial score (nSPS) is 16.7. The van der Waals surface area contributed by atoms with Crippen molar-refractivity contribution >= 4 is 28.4 Å². The topological polar surface area (TPSA) is 105 Å². The predicted octanol–water partition coefficient (Wildman–Crippen LogP) is 2.58. The molecule has 9 heteroatoms. The first-order chi connectivity index (χ1) is 16.0. The molecule has 1 fully saturated rings. The summed E-state index contributed by atoms with van der Waals surface area (Å²) in [6.07, 6.45) is 0. The van der Waals surface area contributed by atoms with Gasteiger partial charge in [0.25, 0.3) is 0 Å². The lowest BCUT2D eigenvalue weighted by atomic mass is 10.0. The number of amides is 1. The summed E-state index contributed by atoms with van der Waals surface area (Å²) in [7, 11) is 1.64. The maximum absolute atomic E-state index is 12.6. The van der Waals surface area contributed by atoms with Crippen molar-refractivity contribution in [3.63, 3.8) is 0 Å². The average Bonchev–Trinajstić information content (AvgIpc) is 3.19. The Morgan fingerprint density at radius 3 is 2.70 bits per heavy atom. The number of ether oxygens (including phenoxy) is 1. The number of carbonyl (C=O) groups excluding carboxylic acids is 1. The number of anilines is 1. The van der Waals surface area contributed by atoms with Crippen LogP contribution in [-0.4, -0.2) is 58.3 Å². The van der Waals surface area contributed by atoms with E-state index in [0.29, 0.717) is 30.5 Å². The maximum atomic E-state index is 12.6. The molecule has 170 valence electrons. The Bertz CT molecular complexity index is 1310. The van der Waals surface area contributed by atoms with Crippen LogP contribution >= 0.6 is 0 Å². The Balaban J connectivity index is 1.69. The molecule has 5 rings (SSSR count). The Morgan fingerprint density at radius 2 is 1.94 bits per heavy atom. The molecule has 1 saturated heterocycles. The number of benzene rings is 2. The molecule has 1 aliphatic heterocycles. The van der Waals surface area contributed by atoms with Gasteiger partial charge >= 0.3 is 0 Å². The number of carbonyl (C=O) groups is 1. The predicted molar refractivity (Wildman–Crippen MR) is 128 cm³/mol. The van der Waals surface area contributed by atoms with E-state index in [1.54, 1.807) is 11.6 Å². The van der Waals surface area contributed by atoms with Crippen LogP contribution in [-0.2, 0) is 4.79 Å². The largest absolute Gasteiger partial charge is 0.497 e. The van der Waals surface area contributed by atoms with Gasteiger partial charge in [-0.05, 0) is 41.8 Å². The highest BCUT2D eigenvalue weighted by molar-refractivity contribution is 5.95. The summed E-state index contributed by atoms with van der Waals surface area (Å²) in [6.45, 7) is 6.11.